The Labute approximate surface area is 240 Å². The lowest BCUT2D eigenvalue weighted by Gasteiger charge is -2.45. The highest BCUT2D eigenvalue weighted by Gasteiger charge is 2.47. The van der Waals surface area contributed by atoms with Gasteiger partial charge in [0.05, 0.1) is 25.9 Å². The van der Waals surface area contributed by atoms with Crippen molar-refractivity contribution in [2.24, 2.45) is 0 Å². The average molecular weight is 561 g/mol. The van der Waals surface area contributed by atoms with E-state index in [1.165, 1.54) is 0 Å². The summed E-state index contributed by atoms with van der Waals surface area (Å²) in [5, 5.41) is 0.701. The minimum absolute atomic E-state index is 0.212. The van der Waals surface area contributed by atoms with E-state index in [-0.39, 0.29) is 29.9 Å². The Morgan fingerprint density at radius 3 is 1.51 bits per heavy atom. The topological polar surface area (TPSA) is 36.9 Å². The Kier molecular flexibility index (Phi) is 10.1. The van der Waals surface area contributed by atoms with Gasteiger partial charge in [-0.1, -0.05) is 114 Å². The second-order valence-electron chi connectivity index (χ2n) is 9.57. The third-order valence-electron chi connectivity index (χ3n) is 6.65. The third kappa shape index (κ3) is 7.95. The molecule has 4 nitrogen and oxygen atoms in total. The molecule has 0 radical (unpaired) electrons. The van der Waals surface area contributed by atoms with E-state index in [9.17, 15) is 0 Å². The van der Waals surface area contributed by atoms with Crippen LogP contribution >= 0.6 is 23.4 Å². The monoisotopic (exact) mass is 560 g/mol. The normalized spacial score (nSPS) is 23.0. The van der Waals surface area contributed by atoms with Gasteiger partial charge >= 0.3 is 0 Å². The van der Waals surface area contributed by atoms with Crippen molar-refractivity contribution in [2.75, 3.05) is 0 Å². The Bertz CT molecular complexity index is 1260. The summed E-state index contributed by atoms with van der Waals surface area (Å²) in [5.41, 5.74) is 2.99. The molecule has 1 heterocycles. The first kappa shape index (κ1) is 27.9. The van der Waals surface area contributed by atoms with Crippen LogP contribution in [0.3, 0.4) is 0 Å². The molecule has 0 saturated carbocycles. The van der Waals surface area contributed by atoms with E-state index >= 15 is 0 Å². The van der Waals surface area contributed by atoms with E-state index in [2.05, 4.69) is 43.3 Å². The zero-order valence-corrected chi connectivity index (χ0v) is 23.5. The predicted octanol–water partition coefficient (Wildman–Crippen LogP) is 7.93. The number of thioether (sulfide) groups is 1. The van der Waals surface area contributed by atoms with E-state index in [1.54, 1.807) is 11.8 Å². The standard InChI is InChI=1S/C33H33ClO4S/c1-24-30(35-21-25-11-5-2-6-12-25)31(36-22-26-13-7-3-8-14-26)32(37-23-27-15-9-4-10-16-27)33(38-24)39-29-19-17-28(34)18-20-29/h2-20,24,30-33H,21-23H2,1H3/t24-,30+,31+,32-,33+/m0/s1. The van der Waals surface area contributed by atoms with Crippen molar-refractivity contribution in [3.63, 3.8) is 0 Å². The Balaban J connectivity index is 1.42. The smallest absolute Gasteiger partial charge is 0.136 e. The SMILES string of the molecule is C[C@@H]1O[C@H](Sc2ccc(Cl)cc2)[C@@H](OCc2ccccc2)[C@H](OCc2ccccc2)[C@@H]1OCc1ccccc1. The number of benzene rings is 4. The van der Waals surface area contributed by atoms with E-state index in [0.29, 0.717) is 24.8 Å². The van der Waals surface area contributed by atoms with Gasteiger partial charge in [-0.05, 0) is 47.9 Å². The third-order valence-corrected chi connectivity index (χ3v) is 8.06. The van der Waals surface area contributed by atoms with Gasteiger partial charge in [-0.15, -0.1) is 0 Å². The predicted molar refractivity (Wildman–Crippen MR) is 157 cm³/mol. The summed E-state index contributed by atoms with van der Waals surface area (Å²) in [6, 6.07) is 38.4. The van der Waals surface area contributed by atoms with Crippen LogP contribution in [0.5, 0.6) is 0 Å². The second-order valence-corrected chi connectivity index (χ2v) is 11.2. The van der Waals surface area contributed by atoms with Crippen molar-refractivity contribution in [1.82, 2.24) is 0 Å². The van der Waals surface area contributed by atoms with Gasteiger partial charge in [-0.3, -0.25) is 0 Å². The Morgan fingerprint density at radius 2 is 1.03 bits per heavy atom. The summed E-state index contributed by atoms with van der Waals surface area (Å²) < 4.78 is 26.4. The van der Waals surface area contributed by atoms with Crippen LogP contribution in [0.4, 0.5) is 0 Å². The summed E-state index contributed by atoms with van der Waals surface area (Å²) >= 11 is 7.77. The van der Waals surface area contributed by atoms with Crippen LogP contribution < -0.4 is 0 Å². The number of ether oxygens (including phenoxy) is 4. The van der Waals surface area contributed by atoms with Gasteiger partial charge in [0.2, 0.25) is 0 Å². The number of hydrogen-bond acceptors (Lipinski definition) is 5. The van der Waals surface area contributed by atoms with Gasteiger partial charge in [0.25, 0.3) is 0 Å². The van der Waals surface area contributed by atoms with Crippen LogP contribution in [0.2, 0.25) is 5.02 Å². The fourth-order valence-corrected chi connectivity index (χ4v) is 5.90. The average Bonchev–Trinajstić information content (AvgIpc) is 2.98. The van der Waals surface area contributed by atoms with E-state index < -0.39 is 0 Å². The highest BCUT2D eigenvalue weighted by Crippen LogP contribution is 2.38. The molecule has 4 aromatic rings. The van der Waals surface area contributed by atoms with Crippen molar-refractivity contribution in [1.29, 1.82) is 0 Å². The quantitative estimate of drug-likeness (QED) is 0.186. The van der Waals surface area contributed by atoms with Crippen molar-refractivity contribution in [2.45, 2.75) is 61.5 Å². The van der Waals surface area contributed by atoms with Crippen LogP contribution in [0.15, 0.2) is 120 Å². The molecule has 0 spiro atoms. The first-order valence-corrected chi connectivity index (χ1v) is 14.5. The molecule has 1 aliphatic heterocycles. The molecular weight excluding hydrogens is 528 g/mol. The molecule has 4 aromatic carbocycles. The Hall–Kier alpha value is -2.64. The van der Waals surface area contributed by atoms with Crippen LogP contribution in [0.1, 0.15) is 23.6 Å². The number of hydrogen-bond donors (Lipinski definition) is 0. The maximum Gasteiger partial charge on any atom is 0.136 e. The fraction of sp³-hybridized carbons (Fsp3) is 0.273. The van der Waals surface area contributed by atoms with Crippen molar-refractivity contribution in [3.05, 3.63) is 137 Å². The molecule has 1 saturated heterocycles. The molecule has 0 bridgehead atoms. The highest BCUT2D eigenvalue weighted by molar-refractivity contribution is 7.99. The molecular formula is C33H33ClO4S. The molecule has 1 fully saturated rings. The highest BCUT2D eigenvalue weighted by atomic mass is 35.5. The zero-order valence-electron chi connectivity index (χ0n) is 21.9. The fourth-order valence-electron chi connectivity index (χ4n) is 4.61. The van der Waals surface area contributed by atoms with Crippen molar-refractivity contribution < 1.29 is 18.9 Å². The lowest BCUT2D eigenvalue weighted by Crippen LogP contribution is -2.58. The summed E-state index contributed by atoms with van der Waals surface area (Å²) in [6.07, 6.45) is -1.27. The molecule has 5 atom stereocenters. The van der Waals surface area contributed by atoms with Gasteiger partial charge in [-0.2, -0.15) is 0 Å². The Morgan fingerprint density at radius 1 is 0.590 bits per heavy atom. The molecule has 0 N–H and O–H groups in total. The summed E-state index contributed by atoms with van der Waals surface area (Å²) in [6.45, 7) is 3.41. The van der Waals surface area contributed by atoms with Crippen LogP contribution in [-0.2, 0) is 38.8 Å². The first-order chi connectivity index (χ1) is 19.2. The van der Waals surface area contributed by atoms with Gasteiger partial charge < -0.3 is 18.9 Å². The molecule has 0 aromatic heterocycles. The van der Waals surface area contributed by atoms with Gasteiger partial charge in [0, 0.05) is 9.92 Å². The lowest BCUT2D eigenvalue weighted by atomic mass is 9.99. The van der Waals surface area contributed by atoms with Gasteiger partial charge in [-0.25, -0.2) is 0 Å². The molecule has 5 rings (SSSR count). The molecule has 0 amide bonds. The molecule has 0 unspecified atom stereocenters. The zero-order chi connectivity index (χ0) is 26.9. The molecule has 6 heteroatoms. The second kappa shape index (κ2) is 14.1. The summed E-state index contributed by atoms with van der Waals surface area (Å²) in [5.74, 6) is 0. The van der Waals surface area contributed by atoms with E-state index in [4.69, 9.17) is 30.5 Å². The summed E-state index contributed by atoms with van der Waals surface area (Å²) in [7, 11) is 0. The maximum atomic E-state index is 6.66. The lowest BCUT2D eigenvalue weighted by molar-refractivity contribution is -0.242. The van der Waals surface area contributed by atoms with Crippen LogP contribution in [-0.4, -0.2) is 29.9 Å². The molecule has 39 heavy (non-hydrogen) atoms. The first-order valence-electron chi connectivity index (χ1n) is 13.2. The molecule has 202 valence electrons. The van der Waals surface area contributed by atoms with Crippen molar-refractivity contribution >= 4 is 23.4 Å². The minimum Gasteiger partial charge on any atom is -0.368 e. The van der Waals surface area contributed by atoms with E-state index in [1.807, 2.05) is 78.9 Å². The summed E-state index contributed by atoms with van der Waals surface area (Å²) in [4.78, 5) is 1.05. The number of halogens is 1. The van der Waals surface area contributed by atoms with Gasteiger partial charge in [0.15, 0.2) is 0 Å². The maximum absolute atomic E-state index is 6.66. The molecule has 1 aliphatic rings. The number of rotatable bonds is 11. The van der Waals surface area contributed by atoms with E-state index in [0.717, 1.165) is 21.6 Å². The van der Waals surface area contributed by atoms with Crippen LogP contribution in [0, 0.1) is 0 Å². The minimum atomic E-state index is -0.383. The molecule has 0 aliphatic carbocycles. The van der Waals surface area contributed by atoms with Gasteiger partial charge in [0.1, 0.15) is 23.7 Å². The van der Waals surface area contributed by atoms with Crippen LogP contribution in [0.25, 0.3) is 0 Å². The van der Waals surface area contributed by atoms with Crippen molar-refractivity contribution in [3.8, 4) is 0 Å². The largest absolute Gasteiger partial charge is 0.368 e.